The molecule has 6 heteroatoms. The summed E-state index contributed by atoms with van der Waals surface area (Å²) >= 11 is 0. The highest BCUT2D eigenvalue weighted by Crippen LogP contribution is 2.36. The van der Waals surface area contributed by atoms with E-state index in [0.717, 1.165) is 11.0 Å². The largest absolute Gasteiger partial charge is 0.496 e. The number of hydrogen-bond donors (Lipinski definition) is 1. The number of nitrogens with zero attached hydrogens (tertiary/aromatic N) is 2. The molecule has 1 fully saturated rings. The average molecular weight is 274 g/mol. The lowest BCUT2D eigenvalue weighted by molar-refractivity contribution is 0.00578. The fraction of sp³-hybridized carbons (Fsp3) is 0.571. The van der Waals surface area contributed by atoms with Crippen molar-refractivity contribution in [3.05, 3.63) is 23.5 Å². The Balaban J connectivity index is 2.43. The molecule has 0 saturated carbocycles. The summed E-state index contributed by atoms with van der Waals surface area (Å²) in [7, 11) is -0.567. The number of nitriles is 1. The van der Waals surface area contributed by atoms with Crippen molar-refractivity contribution in [2.24, 2.45) is 0 Å². The zero-order valence-electron chi connectivity index (χ0n) is 12.3. The minimum Gasteiger partial charge on any atom is -0.399 e. The maximum absolute atomic E-state index is 9.20. The van der Waals surface area contributed by atoms with Crippen LogP contribution in [-0.4, -0.2) is 35.0 Å². The lowest BCUT2D eigenvalue weighted by atomic mass is 9.75. The van der Waals surface area contributed by atoms with Crippen LogP contribution in [0.5, 0.6) is 0 Å². The van der Waals surface area contributed by atoms with Crippen LogP contribution >= 0.6 is 0 Å². The van der Waals surface area contributed by atoms with Crippen LogP contribution in [0, 0.1) is 11.3 Å². The molecule has 20 heavy (non-hydrogen) atoms. The molecule has 106 valence electrons. The highest BCUT2D eigenvalue weighted by atomic mass is 16.7. The zero-order valence-corrected chi connectivity index (χ0v) is 12.3. The summed E-state index contributed by atoms with van der Waals surface area (Å²) in [6, 6.07) is 2.10. The van der Waals surface area contributed by atoms with Crippen molar-refractivity contribution in [2.45, 2.75) is 45.3 Å². The Morgan fingerprint density at radius 1 is 1.25 bits per heavy atom. The first-order valence-corrected chi connectivity index (χ1v) is 6.66. The lowest BCUT2D eigenvalue weighted by Gasteiger charge is -2.32. The first kappa shape index (κ1) is 15.0. The molecule has 1 saturated heterocycles. The molecule has 2 heterocycles. The van der Waals surface area contributed by atoms with Crippen molar-refractivity contribution in [1.82, 2.24) is 4.98 Å². The van der Waals surface area contributed by atoms with Gasteiger partial charge in [-0.25, -0.2) is 0 Å². The van der Waals surface area contributed by atoms with Gasteiger partial charge in [-0.1, -0.05) is 0 Å². The van der Waals surface area contributed by atoms with Gasteiger partial charge in [0.25, 0.3) is 0 Å². The second-order valence-corrected chi connectivity index (χ2v) is 5.93. The molecule has 1 aliphatic heterocycles. The third kappa shape index (κ3) is 2.45. The van der Waals surface area contributed by atoms with Gasteiger partial charge in [0, 0.05) is 24.5 Å². The van der Waals surface area contributed by atoms with E-state index >= 15 is 0 Å². The van der Waals surface area contributed by atoms with Gasteiger partial charge in [-0.2, -0.15) is 5.26 Å². The van der Waals surface area contributed by atoms with Gasteiger partial charge in [-0.3, -0.25) is 4.98 Å². The number of rotatable bonds is 3. The second-order valence-electron chi connectivity index (χ2n) is 5.93. The number of aliphatic hydroxyl groups is 1. The van der Waals surface area contributed by atoms with Crippen molar-refractivity contribution in [1.29, 1.82) is 5.26 Å². The molecule has 0 amide bonds. The van der Waals surface area contributed by atoms with Crippen LogP contribution < -0.4 is 5.46 Å². The Morgan fingerprint density at radius 3 is 2.35 bits per heavy atom. The predicted molar refractivity (Wildman–Crippen MR) is 75.5 cm³/mol. The molecule has 0 unspecified atom stereocenters. The highest BCUT2D eigenvalue weighted by molar-refractivity contribution is 6.62. The Bertz CT molecular complexity index is 536. The molecule has 0 aliphatic carbocycles. The highest BCUT2D eigenvalue weighted by Gasteiger charge is 2.52. The van der Waals surface area contributed by atoms with E-state index in [0.29, 0.717) is 12.0 Å². The Kier molecular flexibility index (Phi) is 3.87. The molecule has 0 aromatic carbocycles. The summed E-state index contributed by atoms with van der Waals surface area (Å²) < 4.78 is 12.0. The molecule has 0 bridgehead atoms. The molecule has 1 N–H and O–H groups in total. The van der Waals surface area contributed by atoms with E-state index < -0.39 is 18.3 Å². The monoisotopic (exact) mass is 274 g/mol. The summed E-state index contributed by atoms with van der Waals surface area (Å²) in [4.78, 5) is 4.07. The Labute approximate surface area is 119 Å². The molecule has 5 nitrogen and oxygen atoms in total. The van der Waals surface area contributed by atoms with Gasteiger partial charge >= 0.3 is 7.12 Å². The van der Waals surface area contributed by atoms with Gasteiger partial charge in [0.15, 0.2) is 0 Å². The van der Waals surface area contributed by atoms with Crippen molar-refractivity contribution >= 4 is 12.6 Å². The maximum atomic E-state index is 9.20. The van der Waals surface area contributed by atoms with Crippen LogP contribution in [-0.2, 0) is 15.7 Å². The molecule has 0 spiro atoms. The quantitative estimate of drug-likeness (QED) is 0.825. The first-order valence-electron chi connectivity index (χ1n) is 6.66. The molecule has 2 rings (SSSR count). The van der Waals surface area contributed by atoms with Gasteiger partial charge in [0.05, 0.1) is 16.8 Å². The third-order valence-corrected chi connectivity index (χ3v) is 4.08. The van der Waals surface area contributed by atoms with Crippen LogP contribution in [0.3, 0.4) is 0 Å². The van der Waals surface area contributed by atoms with Crippen LogP contribution in [0.2, 0.25) is 0 Å². The van der Waals surface area contributed by atoms with E-state index in [2.05, 4.69) is 11.1 Å². The smallest absolute Gasteiger partial charge is 0.399 e. The number of aromatic nitrogens is 1. The molecule has 1 aliphatic rings. The molecule has 0 atom stereocenters. The molecule has 1 aromatic rings. The Hall–Kier alpha value is -1.42. The summed E-state index contributed by atoms with van der Waals surface area (Å²) in [5, 5.41) is 18.4. The third-order valence-electron chi connectivity index (χ3n) is 4.08. The number of pyridine rings is 1. The van der Waals surface area contributed by atoms with Crippen LogP contribution in [0.4, 0.5) is 0 Å². The maximum Gasteiger partial charge on any atom is 0.496 e. The van der Waals surface area contributed by atoms with E-state index in [1.807, 2.05) is 27.7 Å². The van der Waals surface area contributed by atoms with E-state index in [9.17, 15) is 5.11 Å². The average Bonchev–Trinajstić information content (AvgIpc) is 2.59. The number of hydrogen-bond acceptors (Lipinski definition) is 5. The van der Waals surface area contributed by atoms with Crippen molar-refractivity contribution in [2.75, 3.05) is 6.61 Å². The molecular formula is C14H19BN2O3. The van der Waals surface area contributed by atoms with Gasteiger partial charge in [-0.15, -0.1) is 0 Å². The summed E-state index contributed by atoms with van der Waals surface area (Å²) in [5.41, 5.74) is 1.01. The van der Waals surface area contributed by atoms with E-state index in [1.54, 1.807) is 6.20 Å². The lowest BCUT2D eigenvalue weighted by Crippen LogP contribution is -2.41. The van der Waals surface area contributed by atoms with Gasteiger partial charge < -0.3 is 14.4 Å². The molecule has 0 radical (unpaired) electrons. The number of aliphatic hydroxyl groups excluding tert-OH is 1. The van der Waals surface area contributed by atoms with Crippen molar-refractivity contribution in [3.63, 3.8) is 0 Å². The van der Waals surface area contributed by atoms with Crippen molar-refractivity contribution < 1.29 is 14.4 Å². The fourth-order valence-corrected chi connectivity index (χ4v) is 2.16. The van der Waals surface area contributed by atoms with Crippen LogP contribution in [0.15, 0.2) is 12.4 Å². The SMILES string of the molecule is CC1(C)OB(c2cncc(C#N)c2CCO)OC1(C)C. The zero-order chi connectivity index (χ0) is 15.0. The summed E-state index contributed by atoms with van der Waals surface area (Å²) in [6.45, 7) is 7.85. The van der Waals surface area contributed by atoms with Crippen LogP contribution in [0.25, 0.3) is 0 Å². The summed E-state index contributed by atoms with van der Waals surface area (Å²) in [5.74, 6) is 0. The Morgan fingerprint density at radius 2 is 1.85 bits per heavy atom. The minimum atomic E-state index is -0.567. The standard InChI is InChI=1S/C14H19BN2O3/c1-13(2)14(3,4)20-15(19-13)12-9-17-8-10(7-16)11(12)5-6-18/h8-9,18H,5-6H2,1-4H3. The predicted octanol–water partition coefficient (Wildman–Crippen LogP) is 0.787. The van der Waals surface area contributed by atoms with Crippen LogP contribution in [0.1, 0.15) is 38.8 Å². The van der Waals surface area contributed by atoms with Crippen molar-refractivity contribution in [3.8, 4) is 6.07 Å². The first-order chi connectivity index (χ1) is 9.32. The fourth-order valence-electron chi connectivity index (χ4n) is 2.16. The van der Waals surface area contributed by atoms with E-state index in [4.69, 9.17) is 14.6 Å². The van der Waals surface area contributed by atoms with Gasteiger partial charge in [0.2, 0.25) is 0 Å². The van der Waals surface area contributed by atoms with Gasteiger partial charge in [0.1, 0.15) is 6.07 Å². The molecular weight excluding hydrogens is 255 g/mol. The van der Waals surface area contributed by atoms with Gasteiger partial charge in [-0.05, 0) is 39.7 Å². The normalized spacial score (nSPS) is 19.9. The van der Waals surface area contributed by atoms with E-state index in [-0.39, 0.29) is 6.61 Å². The molecule has 1 aromatic heterocycles. The topological polar surface area (TPSA) is 75.4 Å². The second kappa shape index (κ2) is 5.17. The minimum absolute atomic E-state index is 0.0365. The van der Waals surface area contributed by atoms with E-state index in [1.165, 1.54) is 6.20 Å². The summed E-state index contributed by atoms with van der Waals surface area (Å²) in [6.07, 6.45) is 3.53.